The van der Waals surface area contributed by atoms with Gasteiger partial charge in [0.15, 0.2) is 6.54 Å². The third-order valence-electron chi connectivity index (χ3n) is 4.23. The summed E-state index contributed by atoms with van der Waals surface area (Å²) in [5, 5.41) is 6.46. The largest absolute Gasteiger partial charge is 0.495 e. The number of aryl methyl sites for hydroxylation is 1. The van der Waals surface area contributed by atoms with Crippen LogP contribution in [-0.2, 0) is 11.3 Å². The lowest BCUT2D eigenvalue weighted by Gasteiger charge is -2.14. The van der Waals surface area contributed by atoms with Gasteiger partial charge in [0, 0.05) is 16.0 Å². The van der Waals surface area contributed by atoms with E-state index < -0.39 is 0 Å². The molecule has 0 radical (unpaired) electrons. The van der Waals surface area contributed by atoms with E-state index in [9.17, 15) is 4.79 Å². The molecule has 1 aromatic heterocycles. The molecule has 0 aliphatic carbocycles. The monoisotopic (exact) mass is 416 g/mol. The number of thiazole rings is 1. The fourth-order valence-corrected chi connectivity index (χ4v) is 3.83. The maximum atomic E-state index is 12.4. The molecule has 1 heterocycles. The highest BCUT2D eigenvalue weighted by atomic mass is 35.5. The summed E-state index contributed by atoms with van der Waals surface area (Å²) in [5.41, 5.74) is 3.90. The van der Waals surface area contributed by atoms with E-state index in [0.29, 0.717) is 29.5 Å². The van der Waals surface area contributed by atoms with Crippen LogP contribution in [0.5, 0.6) is 5.75 Å². The number of quaternary nitrogens is 1. The fraction of sp³-hybridized carbons (Fsp3) is 0.238. The average molecular weight is 417 g/mol. The summed E-state index contributed by atoms with van der Waals surface area (Å²) >= 11 is 7.63. The maximum Gasteiger partial charge on any atom is 0.279 e. The van der Waals surface area contributed by atoms with Crippen LogP contribution in [-0.4, -0.2) is 31.6 Å². The Balaban J connectivity index is 1.58. The van der Waals surface area contributed by atoms with Gasteiger partial charge in [-0.05, 0) is 25.1 Å². The Labute approximate surface area is 173 Å². The number of likely N-dealkylation sites (N-methyl/N-ethyl adjacent to an activating group) is 1. The van der Waals surface area contributed by atoms with Crippen molar-refractivity contribution in [2.45, 2.75) is 13.5 Å². The zero-order valence-corrected chi connectivity index (χ0v) is 17.7. The summed E-state index contributed by atoms with van der Waals surface area (Å²) in [4.78, 5) is 18.2. The van der Waals surface area contributed by atoms with Crippen LogP contribution < -0.4 is 15.0 Å². The number of anilines is 1. The van der Waals surface area contributed by atoms with Gasteiger partial charge in [-0.25, -0.2) is 4.98 Å². The molecule has 1 unspecified atom stereocenters. The second-order valence-electron chi connectivity index (χ2n) is 6.71. The van der Waals surface area contributed by atoms with Crippen LogP contribution in [0.1, 0.15) is 11.3 Å². The molecule has 0 aliphatic rings. The predicted octanol–water partition coefficient (Wildman–Crippen LogP) is 3.43. The van der Waals surface area contributed by atoms with Crippen molar-refractivity contribution in [2.75, 3.05) is 26.0 Å². The molecule has 0 saturated carbocycles. The number of hydrogen-bond acceptors (Lipinski definition) is 4. The standard InChI is InChI=1S/C21H22ClN3O2S/c1-14-4-6-15(7-5-14)21-23-17(13-28-21)11-25(2)12-20(26)24-18-10-16(22)8-9-19(18)27-3/h4-10,13H,11-12H2,1-3H3,(H,24,26)/p+1. The van der Waals surface area contributed by atoms with E-state index in [1.54, 1.807) is 36.6 Å². The molecule has 2 N–H and O–H groups in total. The number of carbonyl (C=O) groups excluding carboxylic acids is 1. The minimum absolute atomic E-state index is 0.105. The molecule has 146 valence electrons. The number of hydrogen-bond donors (Lipinski definition) is 2. The Morgan fingerprint density at radius 3 is 2.71 bits per heavy atom. The Bertz CT molecular complexity index is 957. The van der Waals surface area contributed by atoms with Gasteiger partial charge in [-0.15, -0.1) is 11.3 Å². The Morgan fingerprint density at radius 1 is 1.25 bits per heavy atom. The van der Waals surface area contributed by atoms with E-state index in [2.05, 4.69) is 41.9 Å². The number of halogens is 1. The first-order chi connectivity index (χ1) is 13.4. The summed E-state index contributed by atoms with van der Waals surface area (Å²) in [6, 6.07) is 13.5. The Morgan fingerprint density at radius 2 is 2.00 bits per heavy atom. The van der Waals surface area contributed by atoms with Gasteiger partial charge in [-0.2, -0.15) is 0 Å². The predicted molar refractivity (Wildman–Crippen MR) is 114 cm³/mol. The van der Waals surface area contributed by atoms with Crippen molar-refractivity contribution in [3.8, 4) is 16.3 Å². The molecular formula is C21H23ClN3O2S+. The van der Waals surface area contributed by atoms with Gasteiger partial charge < -0.3 is 15.0 Å². The first-order valence-corrected chi connectivity index (χ1v) is 10.2. The summed E-state index contributed by atoms with van der Waals surface area (Å²) in [7, 11) is 3.53. The number of nitrogens with one attached hydrogen (secondary N) is 2. The maximum absolute atomic E-state index is 12.4. The summed E-state index contributed by atoms with van der Waals surface area (Å²) in [5.74, 6) is 0.477. The van der Waals surface area contributed by atoms with Gasteiger partial charge >= 0.3 is 0 Å². The van der Waals surface area contributed by atoms with Crippen LogP contribution >= 0.6 is 22.9 Å². The number of methoxy groups -OCH3 is 1. The number of ether oxygens (including phenoxy) is 1. The van der Waals surface area contributed by atoms with E-state index in [0.717, 1.165) is 21.2 Å². The van der Waals surface area contributed by atoms with E-state index in [1.807, 2.05) is 7.05 Å². The molecule has 1 amide bonds. The molecule has 3 aromatic rings. The highest BCUT2D eigenvalue weighted by Crippen LogP contribution is 2.27. The van der Waals surface area contributed by atoms with Crippen molar-refractivity contribution in [1.82, 2.24) is 4.98 Å². The lowest BCUT2D eigenvalue weighted by atomic mass is 10.2. The molecule has 28 heavy (non-hydrogen) atoms. The fourth-order valence-electron chi connectivity index (χ4n) is 2.83. The van der Waals surface area contributed by atoms with Crippen molar-refractivity contribution in [3.63, 3.8) is 0 Å². The smallest absolute Gasteiger partial charge is 0.279 e. The number of benzene rings is 2. The van der Waals surface area contributed by atoms with Crippen LogP contribution in [0.3, 0.4) is 0 Å². The van der Waals surface area contributed by atoms with Crippen LogP contribution in [0.15, 0.2) is 47.8 Å². The van der Waals surface area contributed by atoms with Crippen LogP contribution in [0, 0.1) is 6.92 Å². The summed E-state index contributed by atoms with van der Waals surface area (Å²) < 4.78 is 5.27. The normalized spacial score (nSPS) is 11.9. The number of amides is 1. The minimum atomic E-state index is -0.105. The van der Waals surface area contributed by atoms with E-state index in [1.165, 1.54) is 5.56 Å². The molecular weight excluding hydrogens is 394 g/mol. The second kappa shape index (κ2) is 9.19. The van der Waals surface area contributed by atoms with Gasteiger partial charge in [0.1, 0.15) is 23.0 Å². The van der Waals surface area contributed by atoms with Gasteiger partial charge in [-0.1, -0.05) is 41.4 Å². The van der Waals surface area contributed by atoms with Crippen molar-refractivity contribution in [1.29, 1.82) is 0 Å². The lowest BCUT2D eigenvalue weighted by molar-refractivity contribution is -0.885. The lowest BCUT2D eigenvalue weighted by Crippen LogP contribution is -3.08. The number of carbonyl (C=O) groups is 1. The molecule has 1 atom stereocenters. The molecule has 0 spiro atoms. The second-order valence-corrected chi connectivity index (χ2v) is 8.01. The minimum Gasteiger partial charge on any atom is -0.495 e. The van der Waals surface area contributed by atoms with Gasteiger partial charge in [0.25, 0.3) is 5.91 Å². The third kappa shape index (κ3) is 5.32. The number of aromatic nitrogens is 1. The van der Waals surface area contributed by atoms with Gasteiger partial charge in [0.2, 0.25) is 0 Å². The van der Waals surface area contributed by atoms with Gasteiger partial charge in [-0.3, -0.25) is 4.79 Å². The summed E-state index contributed by atoms with van der Waals surface area (Å²) in [6.45, 7) is 3.05. The average Bonchev–Trinajstić information content (AvgIpc) is 3.10. The summed E-state index contributed by atoms with van der Waals surface area (Å²) in [6.07, 6.45) is 0. The Hall–Kier alpha value is -2.41. The van der Waals surface area contributed by atoms with Crippen molar-refractivity contribution < 1.29 is 14.4 Å². The first-order valence-electron chi connectivity index (χ1n) is 8.90. The van der Waals surface area contributed by atoms with E-state index >= 15 is 0 Å². The SMILES string of the molecule is COc1ccc(Cl)cc1NC(=O)C[NH+](C)Cc1csc(-c2ccc(C)cc2)n1. The molecule has 0 bridgehead atoms. The van der Waals surface area contributed by atoms with Crippen molar-refractivity contribution >= 4 is 34.5 Å². The molecule has 2 aromatic carbocycles. The van der Waals surface area contributed by atoms with Gasteiger partial charge in [0.05, 0.1) is 19.8 Å². The zero-order valence-electron chi connectivity index (χ0n) is 16.1. The third-order valence-corrected chi connectivity index (χ3v) is 5.41. The van der Waals surface area contributed by atoms with Crippen LogP contribution in [0.2, 0.25) is 5.02 Å². The topological polar surface area (TPSA) is 55.7 Å². The number of nitrogens with zero attached hydrogens (tertiary/aromatic N) is 1. The molecule has 5 nitrogen and oxygen atoms in total. The van der Waals surface area contributed by atoms with Crippen molar-refractivity contribution in [2.24, 2.45) is 0 Å². The Kier molecular flexibility index (Phi) is 6.67. The van der Waals surface area contributed by atoms with Crippen molar-refractivity contribution in [3.05, 3.63) is 64.1 Å². The molecule has 3 rings (SSSR count). The number of rotatable bonds is 7. The molecule has 0 aliphatic heterocycles. The van der Waals surface area contributed by atoms with Crippen LogP contribution in [0.4, 0.5) is 5.69 Å². The van der Waals surface area contributed by atoms with E-state index in [4.69, 9.17) is 21.3 Å². The zero-order chi connectivity index (χ0) is 20.1. The molecule has 0 saturated heterocycles. The molecule has 0 fully saturated rings. The molecule has 7 heteroatoms. The van der Waals surface area contributed by atoms with Crippen LogP contribution in [0.25, 0.3) is 10.6 Å². The quantitative estimate of drug-likeness (QED) is 0.620. The first kappa shape index (κ1) is 20.3. The van der Waals surface area contributed by atoms with E-state index in [-0.39, 0.29) is 5.91 Å². The highest BCUT2D eigenvalue weighted by Gasteiger charge is 2.15. The highest BCUT2D eigenvalue weighted by molar-refractivity contribution is 7.13.